The lowest BCUT2D eigenvalue weighted by Crippen LogP contribution is -2.54. The monoisotopic (exact) mass is 513 g/mol. The number of rotatable bonds is 12. The predicted octanol–water partition coefficient (Wildman–Crippen LogP) is 5.42. The summed E-state index contributed by atoms with van der Waals surface area (Å²) in [6.45, 7) is 2.72. The SMILES string of the molecule is CNCC(CC1CCCCC1)NC(=O)N1CCC[C@@H]([C@@](O)(CCCCOC)c2cccc3ccoc23)C1. The van der Waals surface area contributed by atoms with Crippen molar-refractivity contribution in [2.24, 2.45) is 11.8 Å². The van der Waals surface area contributed by atoms with Crippen LogP contribution in [-0.2, 0) is 10.3 Å². The molecular formula is C30H47N3O4. The fraction of sp³-hybridized carbons (Fsp3) is 0.700. The Morgan fingerprint density at radius 1 is 1.19 bits per heavy atom. The molecule has 1 aromatic heterocycles. The second kappa shape index (κ2) is 13.6. The van der Waals surface area contributed by atoms with E-state index in [9.17, 15) is 9.90 Å². The maximum absolute atomic E-state index is 13.5. The molecule has 1 aromatic carbocycles. The van der Waals surface area contributed by atoms with E-state index in [1.54, 1.807) is 13.4 Å². The number of ether oxygens (including phenoxy) is 1. The molecular weight excluding hydrogens is 466 g/mol. The highest BCUT2D eigenvalue weighted by Crippen LogP contribution is 2.42. The minimum absolute atomic E-state index is 0.00120. The van der Waals surface area contributed by atoms with Gasteiger partial charge < -0.3 is 29.8 Å². The third kappa shape index (κ3) is 7.06. The number of likely N-dealkylation sites (tertiary alicyclic amines) is 1. The molecule has 7 heteroatoms. The van der Waals surface area contributed by atoms with E-state index in [-0.39, 0.29) is 18.0 Å². The number of furan rings is 1. The number of benzene rings is 1. The molecule has 1 saturated carbocycles. The molecule has 0 radical (unpaired) electrons. The smallest absolute Gasteiger partial charge is 0.317 e. The zero-order valence-corrected chi connectivity index (χ0v) is 22.8. The van der Waals surface area contributed by atoms with Gasteiger partial charge >= 0.3 is 6.03 Å². The van der Waals surface area contributed by atoms with Crippen LogP contribution < -0.4 is 10.6 Å². The number of para-hydroxylation sites is 1. The third-order valence-corrected chi connectivity index (χ3v) is 8.61. The number of nitrogens with one attached hydrogen (secondary N) is 2. The molecule has 1 unspecified atom stereocenters. The van der Waals surface area contributed by atoms with Crippen LogP contribution in [0.1, 0.15) is 76.2 Å². The van der Waals surface area contributed by atoms with Crippen molar-refractivity contribution in [3.8, 4) is 0 Å². The molecule has 2 fully saturated rings. The van der Waals surface area contributed by atoms with Crippen LogP contribution in [0.2, 0.25) is 0 Å². The number of fused-ring (bicyclic) bond motifs is 1. The van der Waals surface area contributed by atoms with Crippen molar-refractivity contribution in [3.63, 3.8) is 0 Å². The third-order valence-electron chi connectivity index (χ3n) is 8.61. The summed E-state index contributed by atoms with van der Waals surface area (Å²) in [5.41, 5.74) is 0.515. The van der Waals surface area contributed by atoms with Crippen LogP contribution in [0.4, 0.5) is 4.79 Å². The van der Waals surface area contributed by atoms with Crippen LogP contribution >= 0.6 is 0 Å². The molecule has 7 nitrogen and oxygen atoms in total. The molecule has 1 aliphatic heterocycles. The van der Waals surface area contributed by atoms with Gasteiger partial charge in [-0.2, -0.15) is 0 Å². The summed E-state index contributed by atoms with van der Waals surface area (Å²) >= 11 is 0. The molecule has 0 bridgehead atoms. The van der Waals surface area contributed by atoms with Crippen molar-refractivity contribution in [2.75, 3.05) is 40.4 Å². The highest BCUT2D eigenvalue weighted by molar-refractivity contribution is 5.81. The second-order valence-corrected chi connectivity index (χ2v) is 11.2. The van der Waals surface area contributed by atoms with E-state index in [4.69, 9.17) is 9.15 Å². The number of aliphatic hydroxyl groups is 1. The van der Waals surface area contributed by atoms with Crippen molar-refractivity contribution in [1.82, 2.24) is 15.5 Å². The molecule has 2 aliphatic rings. The van der Waals surface area contributed by atoms with E-state index in [1.165, 1.54) is 32.1 Å². The van der Waals surface area contributed by atoms with E-state index < -0.39 is 5.60 Å². The Morgan fingerprint density at radius 2 is 2.03 bits per heavy atom. The number of hydrogen-bond acceptors (Lipinski definition) is 5. The molecule has 1 aliphatic carbocycles. The number of carbonyl (C=O) groups is 1. The Bertz CT molecular complexity index is 973. The van der Waals surface area contributed by atoms with Crippen molar-refractivity contribution in [3.05, 3.63) is 36.1 Å². The Morgan fingerprint density at radius 3 is 2.81 bits per heavy atom. The average molecular weight is 514 g/mol. The van der Waals surface area contributed by atoms with Gasteiger partial charge in [0.1, 0.15) is 5.58 Å². The maximum Gasteiger partial charge on any atom is 0.317 e. The van der Waals surface area contributed by atoms with E-state index in [2.05, 4.69) is 10.6 Å². The van der Waals surface area contributed by atoms with Gasteiger partial charge in [-0.05, 0) is 57.6 Å². The van der Waals surface area contributed by atoms with Crippen molar-refractivity contribution in [1.29, 1.82) is 0 Å². The fourth-order valence-corrected chi connectivity index (χ4v) is 6.62. The summed E-state index contributed by atoms with van der Waals surface area (Å²) in [5.74, 6) is 0.638. The van der Waals surface area contributed by atoms with Crippen LogP contribution in [0.5, 0.6) is 0 Å². The standard InChI is InChI=1S/C30H47N3O4/c1-31-21-26(20-23-10-4-3-5-11-23)32-29(34)33-17-9-13-25(22-33)30(35,16-6-7-18-36-2)27-14-8-12-24-15-19-37-28(24)27/h8,12,14-15,19,23,25-26,31,35H,3-7,9-11,13,16-18,20-22H2,1-2H3,(H,32,34)/t25-,26?,30+/m1/s1. The van der Waals surface area contributed by atoms with Crippen molar-refractivity contribution < 1.29 is 19.1 Å². The van der Waals surface area contributed by atoms with Crippen molar-refractivity contribution in [2.45, 2.75) is 82.3 Å². The van der Waals surface area contributed by atoms with Gasteiger partial charge in [-0.25, -0.2) is 4.79 Å². The van der Waals surface area contributed by atoms with Gasteiger partial charge in [0, 0.05) is 56.3 Å². The summed E-state index contributed by atoms with van der Waals surface area (Å²) in [6.07, 6.45) is 13.3. The van der Waals surface area contributed by atoms with Gasteiger partial charge in [-0.3, -0.25) is 0 Å². The van der Waals surface area contributed by atoms with Gasteiger partial charge in [0.25, 0.3) is 0 Å². The second-order valence-electron chi connectivity index (χ2n) is 11.2. The first-order chi connectivity index (χ1) is 18.0. The lowest BCUT2D eigenvalue weighted by molar-refractivity contribution is -0.0558. The number of methoxy groups -OCH3 is 1. The summed E-state index contributed by atoms with van der Waals surface area (Å²) in [6, 6.07) is 8.08. The molecule has 3 N–H and O–H groups in total. The van der Waals surface area contributed by atoms with Gasteiger partial charge in [0.05, 0.1) is 11.9 Å². The van der Waals surface area contributed by atoms with E-state index >= 15 is 0 Å². The quantitative estimate of drug-likeness (QED) is 0.330. The van der Waals surface area contributed by atoms with Crippen LogP contribution in [0, 0.1) is 11.8 Å². The average Bonchev–Trinajstić information content (AvgIpc) is 3.41. The Kier molecular flexibility index (Phi) is 10.3. The first kappa shape index (κ1) is 27.9. The first-order valence-electron chi connectivity index (χ1n) is 14.4. The van der Waals surface area contributed by atoms with Crippen molar-refractivity contribution >= 4 is 17.0 Å². The topological polar surface area (TPSA) is 87.0 Å². The van der Waals surface area contributed by atoms with Gasteiger partial charge in [0.2, 0.25) is 0 Å². The first-order valence-corrected chi connectivity index (χ1v) is 14.4. The number of urea groups is 1. The lowest BCUT2D eigenvalue weighted by Gasteiger charge is -2.43. The Hall–Kier alpha value is -2.09. The van der Waals surface area contributed by atoms with E-state index in [1.807, 2.05) is 36.2 Å². The van der Waals surface area contributed by atoms with Crippen LogP contribution in [-0.4, -0.2) is 62.5 Å². The van der Waals surface area contributed by atoms with Crippen LogP contribution in [0.15, 0.2) is 34.9 Å². The minimum atomic E-state index is -1.07. The van der Waals surface area contributed by atoms with Gasteiger partial charge in [-0.1, -0.05) is 50.3 Å². The summed E-state index contributed by atoms with van der Waals surface area (Å²) in [4.78, 5) is 15.4. The molecule has 0 spiro atoms. The van der Waals surface area contributed by atoms with Gasteiger partial charge in [0.15, 0.2) is 0 Å². The number of amides is 2. The minimum Gasteiger partial charge on any atom is -0.464 e. The molecule has 4 rings (SSSR count). The van der Waals surface area contributed by atoms with E-state index in [0.29, 0.717) is 25.5 Å². The highest BCUT2D eigenvalue weighted by Gasteiger charge is 2.43. The molecule has 2 heterocycles. The number of carbonyl (C=O) groups excluding carboxylic acids is 1. The zero-order valence-electron chi connectivity index (χ0n) is 22.8. The highest BCUT2D eigenvalue weighted by atomic mass is 16.5. The molecule has 206 valence electrons. The number of hydrogen-bond donors (Lipinski definition) is 3. The van der Waals surface area contributed by atoms with E-state index in [0.717, 1.165) is 61.7 Å². The van der Waals surface area contributed by atoms with Crippen LogP contribution in [0.25, 0.3) is 11.0 Å². The Balaban J connectivity index is 1.48. The number of piperidine rings is 1. The number of unbranched alkanes of at least 4 members (excludes halogenated alkanes) is 1. The van der Waals surface area contributed by atoms with Gasteiger partial charge in [-0.15, -0.1) is 0 Å². The number of nitrogens with zero attached hydrogens (tertiary/aromatic N) is 1. The summed E-state index contributed by atoms with van der Waals surface area (Å²) in [5, 5.41) is 19.9. The molecule has 2 aromatic rings. The predicted molar refractivity (Wildman–Crippen MR) is 148 cm³/mol. The largest absolute Gasteiger partial charge is 0.464 e. The lowest BCUT2D eigenvalue weighted by atomic mass is 9.73. The maximum atomic E-state index is 13.5. The zero-order chi connectivity index (χ0) is 26.1. The fourth-order valence-electron chi connectivity index (χ4n) is 6.62. The summed E-state index contributed by atoms with van der Waals surface area (Å²) in [7, 11) is 3.67. The molecule has 3 atom stereocenters. The molecule has 37 heavy (non-hydrogen) atoms. The normalized spacial score (nSPS) is 21.6. The molecule has 1 saturated heterocycles. The number of likely N-dealkylation sites (N-methyl/N-ethyl adjacent to an activating group) is 1. The van der Waals surface area contributed by atoms with Crippen LogP contribution in [0.3, 0.4) is 0 Å². The Labute approximate surface area is 222 Å². The summed E-state index contributed by atoms with van der Waals surface area (Å²) < 4.78 is 11.1. The molecule has 2 amide bonds.